The smallest absolute Gasteiger partial charge is 0.222 e. The molecule has 0 radical (unpaired) electrons. The zero-order chi connectivity index (χ0) is 14.3. The Balaban J connectivity index is 4.64. The van der Waals surface area contributed by atoms with Crippen LogP contribution in [-0.2, 0) is 4.79 Å². The maximum absolute atomic E-state index is 12.2. The number of hydrogen-bond donors (Lipinski definition) is 0. The van der Waals surface area contributed by atoms with Crippen molar-refractivity contribution in [2.24, 2.45) is 5.92 Å². The Morgan fingerprint density at radius 1 is 1.00 bits per heavy atom. The Kier molecular flexibility index (Phi) is 7.53. The van der Waals surface area contributed by atoms with Crippen LogP contribution in [-0.4, -0.2) is 47.4 Å². The summed E-state index contributed by atoms with van der Waals surface area (Å²) in [7, 11) is 0. The number of nitrogens with zero attached hydrogens (tertiary/aromatic N) is 2. The molecular weight excluding hydrogens is 224 g/mol. The summed E-state index contributed by atoms with van der Waals surface area (Å²) in [5.41, 5.74) is 0.0757. The van der Waals surface area contributed by atoms with E-state index in [4.69, 9.17) is 0 Å². The van der Waals surface area contributed by atoms with Crippen molar-refractivity contribution >= 4 is 5.91 Å². The molecule has 1 unspecified atom stereocenters. The van der Waals surface area contributed by atoms with E-state index in [1.807, 2.05) is 18.7 Å². The topological polar surface area (TPSA) is 23.6 Å². The highest BCUT2D eigenvalue weighted by atomic mass is 16.2. The van der Waals surface area contributed by atoms with Crippen LogP contribution in [0.1, 0.15) is 54.9 Å². The summed E-state index contributed by atoms with van der Waals surface area (Å²) in [6, 6.07) is 0. The number of rotatable bonds is 8. The molecular formula is C15H32N2O. The van der Waals surface area contributed by atoms with Gasteiger partial charge in [0.2, 0.25) is 5.91 Å². The summed E-state index contributed by atoms with van der Waals surface area (Å²) in [6.45, 7) is 18.8. The van der Waals surface area contributed by atoms with Gasteiger partial charge in [-0.3, -0.25) is 9.69 Å². The molecule has 0 bridgehead atoms. The molecule has 3 nitrogen and oxygen atoms in total. The average molecular weight is 256 g/mol. The van der Waals surface area contributed by atoms with Crippen LogP contribution >= 0.6 is 0 Å². The fraction of sp³-hybridized carbons (Fsp3) is 0.933. The van der Waals surface area contributed by atoms with E-state index >= 15 is 0 Å². The van der Waals surface area contributed by atoms with Gasteiger partial charge in [0.1, 0.15) is 0 Å². The Morgan fingerprint density at radius 2 is 1.44 bits per heavy atom. The van der Waals surface area contributed by atoms with Crippen LogP contribution < -0.4 is 0 Å². The predicted molar refractivity (Wildman–Crippen MR) is 78.7 cm³/mol. The molecule has 0 spiro atoms. The van der Waals surface area contributed by atoms with E-state index in [9.17, 15) is 4.79 Å². The fourth-order valence-electron chi connectivity index (χ4n) is 2.57. The van der Waals surface area contributed by atoms with E-state index in [1.54, 1.807) is 0 Å². The lowest BCUT2D eigenvalue weighted by Gasteiger charge is -2.42. The maximum atomic E-state index is 12.2. The summed E-state index contributed by atoms with van der Waals surface area (Å²) < 4.78 is 0. The number of carbonyl (C=O) groups excluding carboxylic acids is 1. The van der Waals surface area contributed by atoms with Gasteiger partial charge >= 0.3 is 0 Å². The molecule has 108 valence electrons. The molecule has 0 aliphatic heterocycles. The van der Waals surface area contributed by atoms with Gasteiger partial charge in [-0.15, -0.1) is 0 Å². The molecule has 0 saturated carbocycles. The molecule has 0 aliphatic rings. The molecule has 3 heteroatoms. The van der Waals surface area contributed by atoms with Gasteiger partial charge in [-0.05, 0) is 46.7 Å². The lowest BCUT2D eigenvalue weighted by Crippen LogP contribution is -2.49. The SMILES string of the molecule is CCN(CC)C(=O)CC(C)C(C)(C)N(CC)CC. The average Bonchev–Trinajstić information content (AvgIpc) is 2.31. The minimum atomic E-state index is 0.0757. The highest BCUT2D eigenvalue weighted by molar-refractivity contribution is 5.76. The van der Waals surface area contributed by atoms with Gasteiger partial charge in [0.15, 0.2) is 0 Å². The van der Waals surface area contributed by atoms with E-state index in [0.29, 0.717) is 12.3 Å². The molecule has 18 heavy (non-hydrogen) atoms. The van der Waals surface area contributed by atoms with Gasteiger partial charge < -0.3 is 4.90 Å². The van der Waals surface area contributed by atoms with Gasteiger partial charge in [-0.2, -0.15) is 0 Å². The van der Waals surface area contributed by atoms with Crippen molar-refractivity contribution < 1.29 is 4.79 Å². The number of carbonyl (C=O) groups is 1. The van der Waals surface area contributed by atoms with Crippen LogP contribution in [0, 0.1) is 5.92 Å². The summed E-state index contributed by atoms with van der Waals surface area (Å²) in [5, 5.41) is 0. The standard InChI is InChI=1S/C15H32N2O/c1-8-16(9-2)14(18)12-13(5)15(6,7)17(10-3)11-4/h13H,8-12H2,1-7H3. The minimum Gasteiger partial charge on any atom is -0.343 e. The predicted octanol–water partition coefficient (Wildman–Crippen LogP) is 3.00. The van der Waals surface area contributed by atoms with Gasteiger partial charge in [0, 0.05) is 25.0 Å². The van der Waals surface area contributed by atoms with Gasteiger partial charge in [0.25, 0.3) is 0 Å². The van der Waals surface area contributed by atoms with Gasteiger partial charge in [0.05, 0.1) is 0 Å². The Hall–Kier alpha value is -0.570. The minimum absolute atomic E-state index is 0.0757. The summed E-state index contributed by atoms with van der Waals surface area (Å²) in [4.78, 5) is 16.5. The van der Waals surface area contributed by atoms with Crippen LogP contribution in [0.4, 0.5) is 0 Å². The van der Waals surface area contributed by atoms with Gasteiger partial charge in [-0.25, -0.2) is 0 Å². The quantitative estimate of drug-likeness (QED) is 0.666. The summed E-state index contributed by atoms with van der Waals surface area (Å²) in [6.07, 6.45) is 0.644. The second-order valence-corrected chi connectivity index (χ2v) is 5.50. The first kappa shape index (κ1) is 17.4. The summed E-state index contributed by atoms with van der Waals surface area (Å²) >= 11 is 0. The van der Waals surface area contributed by atoms with E-state index in [1.165, 1.54) is 0 Å². The van der Waals surface area contributed by atoms with Crippen molar-refractivity contribution in [3.05, 3.63) is 0 Å². The van der Waals surface area contributed by atoms with Crippen LogP contribution in [0.5, 0.6) is 0 Å². The van der Waals surface area contributed by atoms with E-state index in [2.05, 4.69) is 39.5 Å². The maximum Gasteiger partial charge on any atom is 0.222 e. The molecule has 0 rings (SSSR count). The third kappa shape index (κ3) is 4.27. The number of amides is 1. The largest absolute Gasteiger partial charge is 0.343 e. The normalized spacial score (nSPS) is 13.8. The highest BCUT2D eigenvalue weighted by Crippen LogP contribution is 2.27. The van der Waals surface area contributed by atoms with Crippen molar-refractivity contribution in [2.75, 3.05) is 26.2 Å². The highest BCUT2D eigenvalue weighted by Gasteiger charge is 2.32. The van der Waals surface area contributed by atoms with Crippen LogP contribution in [0.2, 0.25) is 0 Å². The molecule has 0 aromatic heterocycles. The van der Waals surface area contributed by atoms with Crippen molar-refractivity contribution in [1.82, 2.24) is 9.80 Å². The molecule has 0 fully saturated rings. The van der Waals surface area contributed by atoms with Crippen molar-refractivity contribution in [2.45, 2.75) is 60.4 Å². The molecule has 0 heterocycles. The lowest BCUT2D eigenvalue weighted by molar-refractivity contribution is -0.132. The molecule has 0 saturated heterocycles. The van der Waals surface area contributed by atoms with E-state index in [0.717, 1.165) is 26.2 Å². The zero-order valence-corrected chi connectivity index (χ0v) is 13.4. The Bertz CT molecular complexity index is 243. The zero-order valence-electron chi connectivity index (χ0n) is 13.4. The first-order valence-electron chi connectivity index (χ1n) is 7.37. The lowest BCUT2D eigenvalue weighted by atomic mass is 9.84. The van der Waals surface area contributed by atoms with Crippen LogP contribution in [0.15, 0.2) is 0 Å². The molecule has 1 amide bonds. The third-order valence-corrected chi connectivity index (χ3v) is 4.38. The van der Waals surface area contributed by atoms with Gasteiger partial charge in [-0.1, -0.05) is 20.8 Å². The molecule has 1 atom stereocenters. The Labute approximate surface area is 114 Å². The molecule has 0 aromatic rings. The van der Waals surface area contributed by atoms with Crippen molar-refractivity contribution in [3.63, 3.8) is 0 Å². The molecule has 0 aromatic carbocycles. The van der Waals surface area contributed by atoms with Crippen LogP contribution in [0.25, 0.3) is 0 Å². The summed E-state index contributed by atoms with van der Waals surface area (Å²) in [5.74, 6) is 0.651. The molecule has 0 aliphatic carbocycles. The third-order valence-electron chi connectivity index (χ3n) is 4.38. The second-order valence-electron chi connectivity index (χ2n) is 5.50. The monoisotopic (exact) mass is 256 g/mol. The molecule has 0 N–H and O–H groups in total. The van der Waals surface area contributed by atoms with Crippen molar-refractivity contribution in [1.29, 1.82) is 0 Å². The second kappa shape index (κ2) is 7.78. The first-order valence-corrected chi connectivity index (χ1v) is 7.37. The Morgan fingerprint density at radius 3 is 1.78 bits per heavy atom. The fourth-order valence-corrected chi connectivity index (χ4v) is 2.57. The van der Waals surface area contributed by atoms with E-state index < -0.39 is 0 Å². The van der Waals surface area contributed by atoms with E-state index in [-0.39, 0.29) is 11.4 Å². The van der Waals surface area contributed by atoms with Crippen molar-refractivity contribution in [3.8, 4) is 0 Å². The first-order chi connectivity index (χ1) is 8.34. The van der Waals surface area contributed by atoms with Crippen LogP contribution in [0.3, 0.4) is 0 Å². The number of hydrogen-bond acceptors (Lipinski definition) is 2.